The lowest BCUT2D eigenvalue weighted by molar-refractivity contribution is 0.401. The average molecular weight is 256 g/mol. The van der Waals surface area contributed by atoms with Crippen molar-refractivity contribution >= 4 is 5.69 Å². The van der Waals surface area contributed by atoms with Gasteiger partial charge in [0.15, 0.2) is 0 Å². The highest BCUT2D eigenvalue weighted by Gasteiger charge is 2.10. The van der Waals surface area contributed by atoms with Gasteiger partial charge in [-0.15, -0.1) is 0 Å². The summed E-state index contributed by atoms with van der Waals surface area (Å²) in [6.45, 7) is 2.86. The summed E-state index contributed by atoms with van der Waals surface area (Å²) >= 11 is 0. The van der Waals surface area contributed by atoms with E-state index in [4.69, 9.17) is 10.5 Å². The van der Waals surface area contributed by atoms with Crippen LogP contribution in [0.3, 0.4) is 0 Å². The second kappa shape index (κ2) is 6.25. The number of nitrogens with one attached hydrogen (secondary N) is 1. The van der Waals surface area contributed by atoms with Crippen molar-refractivity contribution < 1.29 is 4.74 Å². The first-order valence-electron chi connectivity index (χ1n) is 6.42. The van der Waals surface area contributed by atoms with Gasteiger partial charge in [0.25, 0.3) is 0 Å². The third-order valence-electron chi connectivity index (χ3n) is 3.26. The third kappa shape index (κ3) is 3.26. The summed E-state index contributed by atoms with van der Waals surface area (Å²) in [5, 5.41) is 3.47. The Morgan fingerprint density at radius 1 is 1.11 bits per heavy atom. The van der Waals surface area contributed by atoms with Crippen molar-refractivity contribution in [3.8, 4) is 5.75 Å². The van der Waals surface area contributed by atoms with E-state index >= 15 is 0 Å². The minimum atomic E-state index is 0.204. The number of para-hydroxylation sites is 2. The molecule has 0 spiro atoms. The molecular formula is C16H20N2O. The number of ether oxygens (including phenoxy) is 1. The molecule has 3 heteroatoms. The van der Waals surface area contributed by atoms with E-state index in [0.29, 0.717) is 0 Å². The highest BCUT2D eigenvalue weighted by Crippen LogP contribution is 2.24. The summed E-state index contributed by atoms with van der Waals surface area (Å²) in [5.41, 5.74) is 9.03. The molecule has 2 aromatic rings. The predicted octanol–water partition coefficient (Wildman–Crippen LogP) is 3.13. The normalized spacial score (nSPS) is 12.1. The van der Waals surface area contributed by atoms with Crippen molar-refractivity contribution in [2.45, 2.75) is 19.5 Å². The predicted molar refractivity (Wildman–Crippen MR) is 79.1 cm³/mol. The van der Waals surface area contributed by atoms with Crippen LogP contribution in [0.25, 0.3) is 0 Å². The number of anilines is 1. The van der Waals surface area contributed by atoms with Crippen LogP contribution in [0.1, 0.15) is 24.1 Å². The fourth-order valence-corrected chi connectivity index (χ4v) is 2.09. The summed E-state index contributed by atoms with van der Waals surface area (Å²) in [4.78, 5) is 0. The largest absolute Gasteiger partial charge is 0.496 e. The third-order valence-corrected chi connectivity index (χ3v) is 3.26. The molecule has 3 N–H and O–H groups in total. The Bertz CT molecular complexity index is 540. The number of rotatable bonds is 5. The smallest absolute Gasteiger partial charge is 0.123 e. The molecule has 3 nitrogen and oxygen atoms in total. The molecule has 0 fully saturated rings. The van der Waals surface area contributed by atoms with Crippen LogP contribution in [0.2, 0.25) is 0 Å². The Hall–Kier alpha value is -2.00. The summed E-state index contributed by atoms with van der Waals surface area (Å²) in [6, 6.07) is 16.2. The molecular weight excluding hydrogens is 236 g/mol. The number of nitrogen functional groups attached to an aromatic ring is 1. The minimum Gasteiger partial charge on any atom is -0.496 e. The van der Waals surface area contributed by atoms with Gasteiger partial charge in [-0.25, -0.2) is 0 Å². The first-order valence-corrected chi connectivity index (χ1v) is 6.42. The fraction of sp³-hybridized carbons (Fsp3) is 0.250. The van der Waals surface area contributed by atoms with Crippen molar-refractivity contribution in [3.63, 3.8) is 0 Å². The quantitative estimate of drug-likeness (QED) is 0.808. The maximum atomic E-state index is 5.94. The molecule has 0 amide bonds. The second-order valence-electron chi connectivity index (χ2n) is 4.54. The van der Waals surface area contributed by atoms with Crippen LogP contribution in [-0.4, -0.2) is 7.11 Å². The number of nitrogens with two attached hydrogens (primary N) is 1. The molecule has 0 aliphatic heterocycles. The second-order valence-corrected chi connectivity index (χ2v) is 4.54. The Morgan fingerprint density at radius 2 is 1.79 bits per heavy atom. The van der Waals surface area contributed by atoms with Gasteiger partial charge in [-0.1, -0.05) is 36.4 Å². The molecule has 19 heavy (non-hydrogen) atoms. The molecule has 0 unspecified atom stereocenters. The van der Waals surface area contributed by atoms with Gasteiger partial charge in [-0.2, -0.15) is 0 Å². The number of hydrogen-bond donors (Lipinski definition) is 2. The first-order chi connectivity index (χ1) is 9.22. The van der Waals surface area contributed by atoms with E-state index in [2.05, 4.69) is 18.3 Å². The lowest BCUT2D eigenvalue weighted by Crippen LogP contribution is -2.19. The Morgan fingerprint density at radius 3 is 2.53 bits per heavy atom. The highest BCUT2D eigenvalue weighted by molar-refractivity contribution is 5.46. The molecule has 2 aromatic carbocycles. The van der Waals surface area contributed by atoms with Gasteiger partial charge < -0.3 is 15.8 Å². The molecule has 0 radical (unpaired) electrons. The fourth-order valence-electron chi connectivity index (χ4n) is 2.09. The molecule has 0 bridgehead atoms. The molecule has 2 rings (SSSR count). The molecule has 0 aliphatic carbocycles. The summed E-state index contributed by atoms with van der Waals surface area (Å²) in [6.07, 6.45) is 0. The first kappa shape index (κ1) is 13.4. The van der Waals surface area contributed by atoms with Gasteiger partial charge in [0.1, 0.15) is 5.75 Å². The molecule has 1 atom stereocenters. The van der Waals surface area contributed by atoms with Crippen LogP contribution < -0.4 is 15.8 Å². The number of methoxy groups -OCH3 is 1. The lowest BCUT2D eigenvalue weighted by atomic mass is 10.1. The zero-order chi connectivity index (χ0) is 13.7. The molecule has 0 saturated heterocycles. The van der Waals surface area contributed by atoms with Gasteiger partial charge in [0.2, 0.25) is 0 Å². The molecule has 0 heterocycles. The van der Waals surface area contributed by atoms with E-state index in [-0.39, 0.29) is 6.04 Å². The highest BCUT2D eigenvalue weighted by atomic mass is 16.5. The van der Waals surface area contributed by atoms with E-state index in [1.807, 2.05) is 42.5 Å². The van der Waals surface area contributed by atoms with Crippen LogP contribution in [-0.2, 0) is 6.54 Å². The maximum Gasteiger partial charge on any atom is 0.123 e. The minimum absolute atomic E-state index is 0.204. The molecule has 0 aromatic heterocycles. The van der Waals surface area contributed by atoms with Gasteiger partial charge in [-0.05, 0) is 24.6 Å². The lowest BCUT2D eigenvalue weighted by Gasteiger charge is -2.17. The molecule has 100 valence electrons. The van der Waals surface area contributed by atoms with E-state index in [1.54, 1.807) is 7.11 Å². The van der Waals surface area contributed by atoms with Gasteiger partial charge in [-0.3, -0.25) is 0 Å². The number of benzene rings is 2. The van der Waals surface area contributed by atoms with Crippen molar-refractivity contribution in [2.75, 3.05) is 12.8 Å². The summed E-state index contributed by atoms with van der Waals surface area (Å²) in [5.74, 6) is 0.906. The van der Waals surface area contributed by atoms with Crippen LogP contribution >= 0.6 is 0 Å². The van der Waals surface area contributed by atoms with Gasteiger partial charge in [0.05, 0.1) is 7.11 Å². The summed E-state index contributed by atoms with van der Waals surface area (Å²) < 4.78 is 5.38. The van der Waals surface area contributed by atoms with Crippen molar-refractivity contribution in [1.29, 1.82) is 0 Å². The standard InChI is InChI=1S/C16H20N2O/c1-12(14-8-4-6-10-16(14)19-2)18-11-13-7-3-5-9-15(13)17/h3-10,12,18H,11,17H2,1-2H3/t12-/m1/s1. The monoisotopic (exact) mass is 256 g/mol. The molecule has 0 aliphatic rings. The molecule has 0 saturated carbocycles. The SMILES string of the molecule is COc1ccccc1[C@@H](C)NCc1ccccc1N. The van der Waals surface area contributed by atoms with E-state index in [0.717, 1.165) is 29.1 Å². The zero-order valence-electron chi connectivity index (χ0n) is 11.4. The van der Waals surface area contributed by atoms with Gasteiger partial charge >= 0.3 is 0 Å². The topological polar surface area (TPSA) is 47.3 Å². The Kier molecular flexibility index (Phi) is 4.42. The Labute approximate surface area is 114 Å². The number of hydrogen-bond acceptors (Lipinski definition) is 3. The van der Waals surface area contributed by atoms with E-state index in [9.17, 15) is 0 Å². The van der Waals surface area contributed by atoms with Crippen molar-refractivity contribution in [3.05, 3.63) is 59.7 Å². The Balaban J connectivity index is 2.05. The van der Waals surface area contributed by atoms with E-state index < -0.39 is 0 Å². The van der Waals surface area contributed by atoms with Crippen LogP contribution in [0, 0.1) is 0 Å². The van der Waals surface area contributed by atoms with Crippen LogP contribution in [0.5, 0.6) is 5.75 Å². The zero-order valence-corrected chi connectivity index (χ0v) is 11.4. The van der Waals surface area contributed by atoms with Crippen molar-refractivity contribution in [2.24, 2.45) is 0 Å². The van der Waals surface area contributed by atoms with Crippen molar-refractivity contribution in [1.82, 2.24) is 5.32 Å². The summed E-state index contributed by atoms with van der Waals surface area (Å²) in [7, 11) is 1.70. The average Bonchev–Trinajstić information content (AvgIpc) is 2.46. The van der Waals surface area contributed by atoms with Crippen LogP contribution in [0.15, 0.2) is 48.5 Å². The van der Waals surface area contributed by atoms with E-state index in [1.165, 1.54) is 0 Å². The maximum absolute atomic E-state index is 5.94. The van der Waals surface area contributed by atoms with Crippen LogP contribution in [0.4, 0.5) is 5.69 Å². The van der Waals surface area contributed by atoms with Gasteiger partial charge in [0, 0.05) is 23.8 Å².